The molecule has 1 atom stereocenters. The molecule has 146 valence electrons. The van der Waals surface area contributed by atoms with Gasteiger partial charge in [0.15, 0.2) is 5.16 Å². The van der Waals surface area contributed by atoms with Crippen LogP contribution < -0.4 is 0 Å². The van der Waals surface area contributed by atoms with Gasteiger partial charge in [-0.3, -0.25) is 4.79 Å². The summed E-state index contributed by atoms with van der Waals surface area (Å²) in [5.41, 5.74) is 1.19. The number of piperidine rings is 1. The monoisotopic (exact) mass is 388 g/mol. The molecule has 1 aliphatic heterocycles. The number of likely N-dealkylation sites (tertiary alicyclic amines) is 1. The van der Waals surface area contributed by atoms with Crippen molar-refractivity contribution in [1.82, 2.24) is 19.7 Å². The normalized spacial score (nSPS) is 17.3. The Kier molecular flexibility index (Phi) is 7.29. The van der Waals surface area contributed by atoms with Gasteiger partial charge in [-0.1, -0.05) is 49.0 Å². The van der Waals surface area contributed by atoms with E-state index in [1.54, 1.807) is 7.11 Å². The molecular weight excluding hydrogens is 360 g/mol. The highest BCUT2D eigenvalue weighted by atomic mass is 32.2. The fourth-order valence-electron chi connectivity index (χ4n) is 3.38. The Balaban J connectivity index is 1.66. The molecule has 1 aromatic heterocycles. The smallest absolute Gasteiger partial charge is 0.233 e. The lowest BCUT2D eigenvalue weighted by Gasteiger charge is -2.30. The molecule has 2 heterocycles. The highest BCUT2D eigenvalue weighted by Gasteiger charge is 2.22. The third-order valence-electron chi connectivity index (χ3n) is 4.85. The SMILES string of the molecule is COCCn1c(Cc2ccccc2)nnc1SCC(=O)N1CCC[C@H](C)C1. The van der Waals surface area contributed by atoms with Gasteiger partial charge in [0, 0.05) is 33.2 Å². The molecule has 1 saturated heterocycles. The van der Waals surface area contributed by atoms with Gasteiger partial charge in [0.1, 0.15) is 5.82 Å². The number of methoxy groups -OCH3 is 1. The predicted molar refractivity (Wildman–Crippen MR) is 107 cm³/mol. The molecule has 0 bridgehead atoms. The molecule has 0 unspecified atom stereocenters. The topological polar surface area (TPSA) is 60.2 Å². The van der Waals surface area contributed by atoms with Crippen LogP contribution in [0.25, 0.3) is 0 Å². The standard InChI is InChI=1S/C20H28N4O2S/c1-16-7-6-10-23(14-16)19(25)15-27-20-22-21-18(24(20)11-12-26-2)13-17-8-4-3-5-9-17/h3-5,8-9,16H,6-7,10-15H2,1-2H3/t16-/m0/s1. The van der Waals surface area contributed by atoms with Gasteiger partial charge in [-0.15, -0.1) is 10.2 Å². The summed E-state index contributed by atoms with van der Waals surface area (Å²) in [5, 5.41) is 9.51. The van der Waals surface area contributed by atoms with Crippen LogP contribution in [0.4, 0.5) is 0 Å². The fraction of sp³-hybridized carbons (Fsp3) is 0.550. The van der Waals surface area contributed by atoms with Crippen LogP contribution in [-0.4, -0.2) is 58.1 Å². The van der Waals surface area contributed by atoms with E-state index in [-0.39, 0.29) is 5.91 Å². The maximum Gasteiger partial charge on any atom is 0.233 e. The second-order valence-corrected chi connectivity index (χ2v) is 8.02. The summed E-state index contributed by atoms with van der Waals surface area (Å²) in [6, 6.07) is 10.2. The van der Waals surface area contributed by atoms with E-state index >= 15 is 0 Å². The lowest BCUT2D eigenvalue weighted by molar-refractivity contribution is -0.130. The number of hydrogen-bond acceptors (Lipinski definition) is 5. The summed E-state index contributed by atoms with van der Waals surface area (Å²) in [6.45, 7) is 5.23. The molecule has 0 aliphatic carbocycles. The molecule has 1 aromatic carbocycles. The summed E-state index contributed by atoms with van der Waals surface area (Å²) < 4.78 is 7.32. The van der Waals surface area contributed by atoms with Crippen LogP contribution in [0.15, 0.2) is 35.5 Å². The van der Waals surface area contributed by atoms with Crippen LogP contribution in [0.3, 0.4) is 0 Å². The summed E-state index contributed by atoms with van der Waals surface area (Å²) in [7, 11) is 1.69. The zero-order valence-corrected chi connectivity index (χ0v) is 17.0. The van der Waals surface area contributed by atoms with Gasteiger partial charge in [-0.05, 0) is 24.3 Å². The van der Waals surface area contributed by atoms with Gasteiger partial charge in [0.05, 0.1) is 12.4 Å². The highest BCUT2D eigenvalue weighted by molar-refractivity contribution is 7.99. The minimum absolute atomic E-state index is 0.192. The quantitative estimate of drug-likeness (QED) is 0.651. The van der Waals surface area contributed by atoms with E-state index in [0.29, 0.717) is 24.8 Å². The van der Waals surface area contributed by atoms with Gasteiger partial charge in [0.25, 0.3) is 0 Å². The van der Waals surface area contributed by atoms with Crippen LogP contribution in [0.1, 0.15) is 31.2 Å². The van der Waals surface area contributed by atoms with Crippen molar-refractivity contribution in [3.8, 4) is 0 Å². The molecule has 7 heteroatoms. The van der Waals surface area contributed by atoms with Crippen molar-refractivity contribution in [2.24, 2.45) is 5.92 Å². The van der Waals surface area contributed by atoms with E-state index in [9.17, 15) is 4.79 Å². The zero-order valence-electron chi connectivity index (χ0n) is 16.1. The average molecular weight is 389 g/mol. The van der Waals surface area contributed by atoms with Crippen LogP contribution >= 0.6 is 11.8 Å². The number of ether oxygens (including phenoxy) is 1. The number of amides is 1. The third-order valence-corrected chi connectivity index (χ3v) is 5.80. The lowest BCUT2D eigenvalue weighted by atomic mass is 10.0. The third kappa shape index (κ3) is 5.56. The maximum atomic E-state index is 12.6. The Morgan fingerprint density at radius 2 is 2.11 bits per heavy atom. The van der Waals surface area contributed by atoms with Gasteiger partial charge in [-0.25, -0.2) is 0 Å². The van der Waals surface area contributed by atoms with Crippen LogP contribution in [0, 0.1) is 5.92 Å². The molecule has 27 heavy (non-hydrogen) atoms. The first kappa shape index (κ1) is 19.9. The first-order chi connectivity index (χ1) is 13.2. The molecule has 3 rings (SSSR count). The molecule has 0 N–H and O–H groups in total. The maximum absolute atomic E-state index is 12.6. The highest BCUT2D eigenvalue weighted by Crippen LogP contribution is 2.21. The van der Waals surface area contributed by atoms with E-state index in [0.717, 1.165) is 36.9 Å². The molecule has 0 saturated carbocycles. The predicted octanol–water partition coefficient (Wildman–Crippen LogP) is 2.87. The zero-order chi connectivity index (χ0) is 19.1. The van der Waals surface area contributed by atoms with Crippen molar-refractivity contribution in [1.29, 1.82) is 0 Å². The van der Waals surface area contributed by atoms with Gasteiger partial charge in [-0.2, -0.15) is 0 Å². The first-order valence-corrected chi connectivity index (χ1v) is 10.5. The Morgan fingerprint density at radius 3 is 2.85 bits per heavy atom. The number of thioether (sulfide) groups is 1. The van der Waals surface area contributed by atoms with Crippen molar-refractivity contribution < 1.29 is 9.53 Å². The minimum Gasteiger partial charge on any atom is -0.383 e. The summed E-state index contributed by atoms with van der Waals surface area (Å²) >= 11 is 1.47. The molecule has 1 aliphatic rings. The molecule has 0 radical (unpaired) electrons. The van der Waals surface area contributed by atoms with Crippen molar-refractivity contribution in [2.75, 3.05) is 32.6 Å². The molecule has 0 spiro atoms. The molecule has 1 fully saturated rings. The van der Waals surface area contributed by atoms with E-state index in [1.807, 2.05) is 23.1 Å². The largest absolute Gasteiger partial charge is 0.383 e. The van der Waals surface area contributed by atoms with Crippen LogP contribution in [0.5, 0.6) is 0 Å². The average Bonchev–Trinajstić information content (AvgIpc) is 3.06. The summed E-state index contributed by atoms with van der Waals surface area (Å²) in [6.07, 6.45) is 3.03. The molecule has 6 nitrogen and oxygen atoms in total. The van der Waals surface area contributed by atoms with Gasteiger partial charge >= 0.3 is 0 Å². The lowest BCUT2D eigenvalue weighted by Crippen LogP contribution is -2.40. The Morgan fingerprint density at radius 1 is 1.30 bits per heavy atom. The van der Waals surface area contributed by atoms with Crippen LogP contribution in [0.2, 0.25) is 0 Å². The molecule has 1 amide bonds. The van der Waals surface area contributed by atoms with Crippen molar-refractivity contribution in [3.63, 3.8) is 0 Å². The first-order valence-electron chi connectivity index (χ1n) is 9.53. The number of carbonyl (C=O) groups excluding carboxylic acids is 1. The fourth-order valence-corrected chi connectivity index (χ4v) is 4.26. The number of carbonyl (C=O) groups is 1. The number of rotatable bonds is 8. The van der Waals surface area contributed by atoms with E-state index < -0.39 is 0 Å². The Hall–Kier alpha value is -1.86. The summed E-state index contributed by atoms with van der Waals surface area (Å²) in [4.78, 5) is 14.6. The second kappa shape index (κ2) is 9.90. The van der Waals surface area contributed by atoms with E-state index in [4.69, 9.17) is 4.74 Å². The number of aromatic nitrogens is 3. The molecule has 2 aromatic rings. The van der Waals surface area contributed by atoms with Crippen LogP contribution in [-0.2, 0) is 22.5 Å². The van der Waals surface area contributed by atoms with Crippen molar-refractivity contribution in [2.45, 2.75) is 37.9 Å². The number of hydrogen-bond donors (Lipinski definition) is 0. The number of benzene rings is 1. The second-order valence-electron chi connectivity index (χ2n) is 7.08. The van der Waals surface area contributed by atoms with Gasteiger partial charge < -0.3 is 14.2 Å². The molecular formula is C20H28N4O2S. The Labute approximate surface area is 165 Å². The van der Waals surface area contributed by atoms with Crippen molar-refractivity contribution in [3.05, 3.63) is 41.7 Å². The Bertz CT molecular complexity index is 735. The minimum atomic E-state index is 0.192. The van der Waals surface area contributed by atoms with Crippen molar-refractivity contribution >= 4 is 17.7 Å². The van der Waals surface area contributed by atoms with E-state index in [1.165, 1.54) is 23.7 Å². The van der Waals surface area contributed by atoms with Gasteiger partial charge in [0.2, 0.25) is 5.91 Å². The van der Waals surface area contributed by atoms with E-state index in [2.05, 4.69) is 33.8 Å². The summed E-state index contributed by atoms with van der Waals surface area (Å²) in [5.74, 6) is 2.09. The number of nitrogens with zero attached hydrogens (tertiary/aromatic N) is 4.